The molecule has 0 N–H and O–H groups in total. The Morgan fingerprint density at radius 2 is 1.86 bits per heavy atom. The molecular formula is C21H17F3N2O2. The summed E-state index contributed by atoms with van der Waals surface area (Å²) in [6, 6.07) is 15.5. The molecule has 1 aliphatic heterocycles. The first kappa shape index (κ1) is 18.3. The van der Waals surface area contributed by atoms with Crippen molar-refractivity contribution in [1.29, 1.82) is 0 Å². The summed E-state index contributed by atoms with van der Waals surface area (Å²) in [4.78, 5) is 18.0. The molecule has 1 amide bonds. The van der Waals surface area contributed by atoms with Gasteiger partial charge < -0.3 is 9.64 Å². The quantitative estimate of drug-likeness (QED) is 0.678. The average molecular weight is 386 g/mol. The summed E-state index contributed by atoms with van der Waals surface area (Å²) >= 11 is 0. The van der Waals surface area contributed by atoms with Gasteiger partial charge >= 0.3 is 6.18 Å². The van der Waals surface area contributed by atoms with Crippen molar-refractivity contribution in [3.8, 4) is 5.88 Å². The number of alkyl halides is 3. The molecule has 4 nitrogen and oxygen atoms in total. The van der Waals surface area contributed by atoms with Crippen LogP contribution >= 0.6 is 0 Å². The zero-order chi connectivity index (χ0) is 19.7. The molecule has 0 bridgehead atoms. The molecule has 1 fully saturated rings. The topological polar surface area (TPSA) is 42.4 Å². The van der Waals surface area contributed by atoms with Gasteiger partial charge in [0.25, 0.3) is 0 Å². The van der Waals surface area contributed by atoms with E-state index in [2.05, 4.69) is 4.98 Å². The van der Waals surface area contributed by atoms with E-state index < -0.39 is 11.7 Å². The lowest BCUT2D eigenvalue weighted by molar-refractivity contribution is -0.139. The van der Waals surface area contributed by atoms with Crippen LogP contribution in [-0.4, -0.2) is 35.0 Å². The third-order valence-corrected chi connectivity index (χ3v) is 4.77. The number of ether oxygens (including phenoxy) is 1. The summed E-state index contributed by atoms with van der Waals surface area (Å²) in [5, 5.41) is 2.12. The van der Waals surface area contributed by atoms with Gasteiger partial charge in [0, 0.05) is 12.3 Å². The minimum absolute atomic E-state index is 0.0341. The minimum Gasteiger partial charge on any atom is -0.471 e. The van der Waals surface area contributed by atoms with Crippen LogP contribution in [0.15, 0.2) is 60.8 Å². The van der Waals surface area contributed by atoms with Gasteiger partial charge in [-0.1, -0.05) is 42.5 Å². The molecule has 28 heavy (non-hydrogen) atoms. The van der Waals surface area contributed by atoms with E-state index in [1.165, 1.54) is 0 Å². The average Bonchev–Trinajstić information content (AvgIpc) is 2.64. The highest BCUT2D eigenvalue weighted by atomic mass is 19.4. The van der Waals surface area contributed by atoms with Crippen LogP contribution in [0.5, 0.6) is 5.88 Å². The highest BCUT2D eigenvalue weighted by molar-refractivity contribution is 5.90. The van der Waals surface area contributed by atoms with Crippen molar-refractivity contribution in [2.45, 2.75) is 18.7 Å². The van der Waals surface area contributed by atoms with Crippen molar-refractivity contribution in [2.24, 2.45) is 0 Å². The first-order valence-electron chi connectivity index (χ1n) is 8.84. The van der Waals surface area contributed by atoms with Crippen LogP contribution < -0.4 is 4.74 Å². The maximum absolute atomic E-state index is 12.8. The molecule has 0 radical (unpaired) electrons. The number of pyridine rings is 1. The largest absolute Gasteiger partial charge is 0.471 e. The van der Waals surface area contributed by atoms with Crippen LogP contribution in [0.4, 0.5) is 13.2 Å². The second kappa shape index (κ2) is 7.14. The summed E-state index contributed by atoms with van der Waals surface area (Å²) in [7, 11) is 0. The van der Waals surface area contributed by atoms with Crippen molar-refractivity contribution < 1.29 is 22.7 Å². The van der Waals surface area contributed by atoms with Crippen LogP contribution in [-0.2, 0) is 17.4 Å². The highest BCUT2D eigenvalue weighted by Crippen LogP contribution is 2.31. The van der Waals surface area contributed by atoms with Crippen molar-refractivity contribution in [1.82, 2.24) is 9.88 Å². The molecular weight excluding hydrogens is 369 g/mol. The third-order valence-electron chi connectivity index (χ3n) is 4.77. The Kier molecular flexibility index (Phi) is 4.66. The lowest BCUT2D eigenvalue weighted by Crippen LogP contribution is -2.56. The molecule has 0 unspecified atom stereocenters. The Morgan fingerprint density at radius 3 is 2.64 bits per heavy atom. The Hall–Kier alpha value is -3.09. The first-order valence-corrected chi connectivity index (χ1v) is 8.84. The van der Waals surface area contributed by atoms with E-state index in [1.807, 2.05) is 42.5 Å². The molecule has 4 rings (SSSR count). The second-order valence-corrected chi connectivity index (χ2v) is 6.73. The SMILES string of the molecule is O=C(Cc1cccc2ccccc12)N1CC(Oc2cc(C(F)(F)F)ccn2)C1. The normalized spacial score (nSPS) is 14.8. The Morgan fingerprint density at radius 1 is 1.11 bits per heavy atom. The number of likely N-dealkylation sites (tertiary alicyclic amines) is 1. The number of halogens is 3. The van der Waals surface area contributed by atoms with Gasteiger partial charge in [-0.15, -0.1) is 0 Å². The third kappa shape index (κ3) is 3.78. The Labute approximate surface area is 159 Å². The Bertz CT molecular complexity index is 1010. The standard InChI is InChI=1S/C21H17F3N2O2/c22-21(23,24)16-8-9-25-19(11-16)28-17-12-26(13-17)20(27)10-15-6-3-5-14-4-1-2-7-18(14)15/h1-9,11,17H,10,12-13H2. The Balaban J connectivity index is 1.36. The number of hydrogen-bond donors (Lipinski definition) is 0. The molecule has 1 aliphatic rings. The van der Waals surface area contributed by atoms with E-state index in [0.717, 1.165) is 34.7 Å². The molecule has 1 aromatic heterocycles. The van der Waals surface area contributed by atoms with Crippen molar-refractivity contribution in [3.05, 3.63) is 71.9 Å². The number of carbonyl (C=O) groups is 1. The molecule has 7 heteroatoms. The van der Waals surface area contributed by atoms with Gasteiger partial charge in [0.1, 0.15) is 6.10 Å². The van der Waals surface area contributed by atoms with Crippen LogP contribution in [0.3, 0.4) is 0 Å². The van der Waals surface area contributed by atoms with Crippen LogP contribution in [0, 0.1) is 0 Å². The summed E-state index contributed by atoms with van der Waals surface area (Å²) in [5.74, 6) is -0.116. The zero-order valence-electron chi connectivity index (χ0n) is 14.8. The number of benzene rings is 2. The smallest absolute Gasteiger partial charge is 0.416 e. The first-order chi connectivity index (χ1) is 13.4. The second-order valence-electron chi connectivity index (χ2n) is 6.73. The summed E-state index contributed by atoms with van der Waals surface area (Å²) in [6.45, 7) is 0.670. The predicted molar refractivity (Wildman–Crippen MR) is 97.9 cm³/mol. The minimum atomic E-state index is -4.44. The molecule has 144 valence electrons. The summed E-state index contributed by atoms with van der Waals surface area (Å²) in [6.07, 6.45) is -3.45. The van der Waals surface area contributed by atoms with Gasteiger partial charge in [-0.3, -0.25) is 4.79 Å². The highest BCUT2D eigenvalue weighted by Gasteiger charge is 2.34. The molecule has 0 atom stereocenters. The van der Waals surface area contributed by atoms with Gasteiger partial charge in [-0.2, -0.15) is 13.2 Å². The lowest BCUT2D eigenvalue weighted by atomic mass is 10.0. The number of hydrogen-bond acceptors (Lipinski definition) is 3. The van der Waals surface area contributed by atoms with Gasteiger partial charge in [-0.25, -0.2) is 4.98 Å². The molecule has 0 saturated carbocycles. The van der Waals surface area contributed by atoms with E-state index in [4.69, 9.17) is 4.74 Å². The number of carbonyl (C=O) groups excluding carboxylic acids is 1. The molecule has 3 aromatic rings. The van der Waals surface area contributed by atoms with Crippen LogP contribution in [0.2, 0.25) is 0 Å². The van der Waals surface area contributed by atoms with Crippen molar-refractivity contribution in [3.63, 3.8) is 0 Å². The van der Waals surface area contributed by atoms with Gasteiger partial charge in [-0.05, 0) is 22.4 Å². The molecule has 2 heterocycles. The lowest BCUT2D eigenvalue weighted by Gasteiger charge is -2.38. The zero-order valence-corrected chi connectivity index (χ0v) is 14.8. The van der Waals surface area contributed by atoms with Gasteiger partial charge in [0.05, 0.1) is 25.1 Å². The molecule has 0 aliphatic carbocycles. The van der Waals surface area contributed by atoms with Crippen molar-refractivity contribution >= 4 is 16.7 Å². The van der Waals surface area contributed by atoms with E-state index in [0.29, 0.717) is 13.1 Å². The molecule has 2 aromatic carbocycles. The van der Waals surface area contributed by atoms with Gasteiger partial charge in [0.2, 0.25) is 11.8 Å². The molecule has 0 spiro atoms. The fourth-order valence-electron chi connectivity index (χ4n) is 3.26. The maximum Gasteiger partial charge on any atom is 0.416 e. The summed E-state index contributed by atoms with van der Waals surface area (Å²) in [5.41, 5.74) is 0.146. The van der Waals surface area contributed by atoms with Crippen molar-refractivity contribution in [2.75, 3.05) is 13.1 Å². The number of nitrogens with zero attached hydrogens (tertiary/aromatic N) is 2. The number of amides is 1. The van der Waals surface area contributed by atoms with Crippen LogP contribution in [0.25, 0.3) is 10.8 Å². The fraction of sp³-hybridized carbons (Fsp3) is 0.238. The fourth-order valence-corrected chi connectivity index (χ4v) is 3.26. The maximum atomic E-state index is 12.8. The van der Waals surface area contributed by atoms with E-state index >= 15 is 0 Å². The van der Waals surface area contributed by atoms with E-state index in [9.17, 15) is 18.0 Å². The summed E-state index contributed by atoms with van der Waals surface area (Å²) < 4.78 is 43.7. The predicted octanol–water partition coefficient (Wildman–Crippen LogP) is 4.09. The van der Waals surface area contributed by atoms with E-state index in [-0.39, 0.29) is 24.3 Å². The number of rotatable bonds is 4. The number of aromatic nitrogens is 1. The monoisotopic (exact) mass is 386 g/mol. The van der Waals surface area contributed by atoms with Gasteiger partial charge in [0.15, 0.2) is 0 Å². The van der Waals surface area contributed by atoms with E-state index in [1.54, 1.807) is 4.90 Å². The van der Waals surface area contributed by atoms with Crippen LogP contribution in [0.1, 0.15) is 11.1 Å². The number of fused-ring (bicyclic) bond motifs is 1. The molecule has 1 saturated heterocycles.